The minimum Gasteiger partial charge on any atom is -0.548 e. The molecule has 4 aromatic rings. The standard InChI is InChI=1S/C26H26N2O7/c1-12-7-21(23-13(2)14(3)26(33)35-22(23)8-12)34-15(4)24(30)28-20(25(31)32)9-16-11-27-19-6-5-17(29)10-18(16)19/h5-8,10-11,15,20,27,29H,9H2,1-4H3,(H,28,30)(H,31,32)/p-1/t15-,20+/m1/s1. The van der Waals surface area contributed by atoms with Gasteiger partial charge in [0.2, 0.25) is 0 Å². The number of rotatable bonds is 7. The molecule has 1 amide bonds. The van der Waals surface area contributed by atoms with Crippen LogP contribution in [0.1, 0.15) is 29.2 Å². The number of hydrogen-bond acceptors (Lipinski definition) is 7. The first-order valence-electron chi connectivity index (χ1n) is 11.1. The lowest BCUT2D eigenvalue weighted by molar-refractivity contribution is -0.308. The average molecular weight is 477 g/mol. The smallest absolute Gasteiger partial charge is 0.339 e. The third-order valence-electron chi connectivity index (χ3n) is 6.11. The van der Waals surface area contributed by atoms with Gasteiger partial charge in [-0.05, 0) is 74.7 Å². The van der Waals surface area contributed by atoms with E-state index in [1.165, 1.54) is 19.1 Å². The molecule has 0 bridgehead atoms. The van der Waals surface area contributed by atoms with Crippen LogP contribution in [-0.4, -0.2) is 34.1 Å². The van der Waals surface area contributed by atoms with Crippen LogP contribution in [0.5, 0.6) is 11.5 Å². The first-order valence-corrected chi connectivity index (χ1v) is 11.1. The van der Waals surface area contributed by atoms with Crippen LogP contribution in [0.3, 0.4) is 0 Å². The van der Waals surface area contributed by atoms with Crippen molar-refractivity contribution >= 4 is 33.7 Å². The van der Waals surface area contributed by atoms with Crippen molar-refractivity contribution in [2.24, 2.45) is 0 Å². The van der Waals surface area contributed by atoms with E-state index in [2.05, 4.69) is 10.3 Å². The number of aryl methyl sites for hydroxylation is 2. The summed E-state index contributed by atoms with van der Waals surface area (Å²) in [7, 11) is 0. The maximum Gasteiger partial charge on any atom is 0.339 e. The predicted octanol–water partition coefficient (Wildman–Crippen LogP) is 2.15. The molecule has 2 aromatic carbocycles. The van der Waals surface area contributed by atoms with Crippen LogP contribution in [-0.2, 0) is 16.0 Å². The molecule has 35 heavy (non-hydrogen) atoms. The van der Waals surface area contributed by atoms with Gasteiger partial charge in [-0.3, -0.25) is 4.79 Å². The Morgan fingerprint density at radius 1 is 1.17 bits per heavy atom. The Labute approximate surface area is 200 Å². The zero-order chi connectivity index (χ0) is 25.4. The lowest BCUT2D eigenvalue weighted by Crippen LogP contribution is -2.52. The van der Waals surface area contributed by atoms with Crippen molar-refractivity contribution in [1.29, 1.82) is 0 Å². The van der Waals surface area contributed by atoms with Crippen LogP contribution in [0.25, 0.3) is 21.9 Å². The molecule has 9 heteroatoms. The van der Waals surface area contributed by atoms with E-state index in [0.717, 1.165) is 11.1 Å². The SMILES string of the molecule is Cc1cc(O[C@H](C)C(=O)N[C@@H](Cc2c[nH]c3ccc(O)cc23)C(=O)[O-])c2c(C)c(C)c(=O)oc2c1. The average Bonchev–Trinajstić information content (AvgIpc) is 3.18. The van der Waals surface area contributed by atoms with Crippen molar-refractivity contribution in [1.82, 2.24) is 10.3 Å². The molecule has 0 aliphatic rings. The molecule has 0 unspecified atom stereocenters. The Morgan fingerprint density at radius 3 is 2.63 bits per heavy atom. The Kier molecular flexibility index (Phi) is 6.26. The Hall–Kier alpha value is -4.27. The summed E-state index contributed by atoms with van der Waals surface area (Å²) in [4.78, 5) is 39.8. The number of hydrogen-bond donors (Lipinski definition) is 3. The molecule has 0 fully saturated rings. The number of benzene rings is 2. The lowest BCUT2D eigenvalue weighted by Gasteiger charge is -2.23. The van der Waals surface area contributed by atoms with E-state index in [4.69, 9.17) is 9.15 Å². The van der Waals surface area contributed by atoms with Crippen LogP contribution >= 0.6 is 0 Å². The zero-order valence-electron chi connectivity index (χ0n) is 19.7. The maximum atomic E-state index is 12.9. The summed E-state index contributed by atoms with van der Waals surface area (Å²) >= 11 is 0. The number of amides is 1. The van der Waals surface area contributed by atoms with Crippen molar-refractivity contribution in [3.05, 3.63) is 69.2 Å². The molecule has 2 atom stereocenters. The van der Waals surface area contributed by atoms with Gasteiger partial charge in [-0.1, -0.05) is 0 Å². The highest BCUT2D eigenvalue weighted by Gasteiger charge is 2.23. The van der Waals surface area contributed by atoms with Crippen molar-refractivity contribution in [3.63, 3.8) is 0 Å². The van der Waals surface area contributed by atoms with Gasteiger partial charge in [0.15, 0.2) is 6.10 Å². The highest BCUT2D eigenvalue weighted by Crippen LogP contribution is 2.31. The molecular formula is C26H25N2O7-. The third kappa shape index (κ3) is 4.70. The second-order valence-electron chi connectivity index (χ2n) is 8.66. The Balaban J connectivity index is 1.57. The number of phenolic OH excluding ortho intramolecular Hbond substituents is 1. The number of H-pyrrole nitrogens is 1. The number of aromatic hydroxyl groups is 1. The predicted molar refractivity (Wildman–Crippen MR) is 127 cm³/mol. The molecule has 0 saturated heterocycles. The summed E-state index contributed by atoms with van der Waals surface area (Å²) < 4.78 is 11.3. The van der Waals surface area contributed by atoms with Gasteiger partial charge in [-0.2, -0.15) is 0 Å². The molecule has 0 saturated carbocycles. The van der Waals surface area contributed by atoms with Gasteiger partial charge >= 0.3 is 5.63 Å². The van der Waals surface area contributed by atoms with Gasteiger partial charge in [-0.15, -0.1) is 0 Å². The Bertz CT molecular complexity index is 1520. The van der Waals surface area contributed by atoms with Crippen LogP contribution < -0.4 is 20.8 Å². The van der Waals surface area contributed by atoms with Gasteiger partial charge in [0, 0.05) is 29.1 Å². The van der Waals surface area contributed by atoms with Gasteiger partial charge in [0.05, 0.1) is 17.4 Å². The Morgan fingerprint density at radius 2 is 1.91 bits per heavy atom. The molecule has 3 N–H and O–H groups in total. The molecule has 9 nitrogen and oxygen atoms in total. The number of carboxylic acid groups (broad SMARTS) is 1. The normalized spacial score (nSPS) is 13.0. The van der Waals surface area contributed by atoms with Crippen molar-refractivity contribution in [2.75, 3.05) is 0 Å². The van der Waals surface area contributed by atoms with E-state index >= 15 is 0 Å². The van der Waals surface area contributed by atoms with Gasteiger partial charge in [0.1, 0.15) is 17.1 Å². The topological polar surface area (TPSA) is 145 Å². The van der Waals surface area contributed by atoms with E-state index in [1.54, 1.807) is 45.2 Å². The number of aliphatic carboxylic acids is 1. The van der Waals surface area contributed by atoms with Crippen LogP contribution in [0.4, 0.5) is 0 Å². The van der Waals surface area contributed by atoms with E-state index in [-0.39, 0.29) is 12.2 Å². The van der Waals surface area contributed by atoms with E-state index < -0.39 is 29.6 Å². The van der Waals surface area contributed by atoms with Crippen molar-refractivity contribution in [3.8, 4) is 11.5 Å². The number of aromatic nitrogens is 1. The van der Waals surface area contributed by atoms with E-state index in [1.807, 2.05) is 0 Å². The van der Waals surface area contributed by atoms with E-state index in [0.29, 0.717) is 38.8 Å². The minimum absolute atomic E-state index is 0.0427. The summed E-state index contributed by atoms with van der Waals surface area (Å²) in [6, 6.07) is 6.83. The molecule has 2 heterocycles. The number of carboxylic acids is 1. The zero-order valence-corrected chi connectivity index (χ0v) is 19.7. The summed E-state index contributed by atoms with van der Waals surface area (Å²) in [6.45, 7) is 6.72. The van der Waals surface area contributed by atoms with E-state index in [9.17, 15) is 24.6 Å². The first-order chi connectivity index (χ1) is 16.5. The minimum atomic E-state index is -1.45. The third-order valence-corrected chi connectivity index (χ3v) is 6.11. The summed E-state index contributed by atoms with van der Waals surface area (Å²) in [5, 5.41) is 25.3. The second-order valence-corrected chi connectivity index (χ2v) is 8.66. The number of aromatic amines is 1. The number of nitrogens with one attached hydrogen (secondary N) is 2. The molecule has 0 spiro atoms. The number of phenols is 1. The fourth-order valence-corrected chi connectivity index (χ4v) is 4.06. The fraction of sp³-hybridized carbons (Fsp3) is 0.269. The highest BCUT2D eigenvalue weighted by molar-refractivity contribution is 5.90. The summed E-state index contributed by atoms with van der Waals surface area (Å²) in [6.07, 6.45) is 0.519. The quantitative estimate of drug-likeness (QED) is 0.346. The molecule has 0 radical (unpaired) electrons. The van der Waals surface area contributed by atoms with Gasteiger partial charge in [-0.25, -0.2) is 4.79 Å². The lowest BCUT2D eigenvalue weighted by atomic mass is 10.0. The van der Waals surface area contributed by atoms with Gasteiger partial charge in [0.25, 0.3) is 5.91 Å². The molecule has 0 aliphatic carbocycles. The second kappa shape index (κ2) is 9.17. The molecule has 4 rings (SSSR count). The number of carbonyl (C=O) groups excluding carboxylic acids is 2. The van der Waals surface area contributed by atoms with Crippen LogP contribution in [0.15, 0.2) is 45.7 Å². The molecule has 2 aromatic heterocycles. The van der Waals surface area contributed by atoms with Crippen LogP contribution in [0.2, 0.25) is 0 Å². The molecule has 0 aliphatic heterocycles. The molecule has 182 valence electrons. The van der Waals surface area contributed by atoms with Gasteiger partial charge < -0.3 is 34.5 Å². The fourth-order valence-electron chi connectivity index (χ4n) is 4.06. The largest absolute Gasteiger partial charge is 0.548 e. The molecular weight excluding hydrogens is 452 g/mol. The monoisotopic (exact) mass is 477 g/mol. The maximum absolute atomic E-state index is 12.9. The highest BCUT2D eigenvalue weighted by atomic mass is 16.5. The number of ether oxygens (including phenoxy) is 1. The number of carbonyl (C=O) groups is 2. The van der Waals surface area contributed by atoms with Crippen molar-refractivity contribution in [2.45, 2.75) is 46.3 Å². The summed E-state index contributed by atoms with van der Waals surface area (Å²) in [5.41, 5.74) is 3.10. The first kappa shape index (κ1) is 23.9. The number of fused-ring (bicyclic) bond motifs is 2. The van der Waals surface area contributed by atoms with Crippen LogP contribution in [0, 0.1) is 20.8 Å². The van der Waals surface area contributed by atoms with Crippen molar-refractivity contribution < 1.29 is 29.0 Å². The summed E-state index contributed by atoms with van der Waals surface area (Å²) in [5.74, 6) is -1.71.